The summed E-state index contributed by atoms with van der Waals surface area (Å²) in [7, 11) is 1.60. The van der Waals surface area contributed by atoms with Crippen molar-refractivity contribution in [1.82, 2.24) is 10.2 Å². The maximum absolute atomic E-state index is 11.8. The number of rotatable bonds is 4. The summed E-state index contributed by atoms with van der Waals surface area (Å²) in [6.45, 7) is 3.26. The molecule has 0 saturated carbocycles. The van der Waals surface area contributed by atoms with Crippen LogP contribution in [0.4, 0.5) is 4.79 Å². The molecule has 0 unspecified atom stereocenters. The number of halogens is 1. The molecule has 1 heterocycles. The van der Waals surface area contributed by atoms with Crippen LogP contribution >= 0.6 is 22.9 Å². The van der Waals surface area contributed by atoms with E-state index in [4.69, 9.17) is 16.7 Å². The van der Waals surface area contributed by atoms with Crippen LogP contribution in [-0.2, 0) is 11.3 Å². The van der Waals surface area contributed by atoms with Crippen LogP contribution < -0.4 is 5.32 Å². The van der Waals surface area contributed by atoms with E-state index in [-0.39, 0.29) is 0 Å². The van der Waals surface area contributed by atoms with Crippen molar-refractivity contribution in [3.05, 3.63) is 21.3 Å². The number of hydrogen-bond acceptors (Lipinski definition) is 3. The monoisotopic (exact) mass is 290 g/mol. The number of carboxylic acids is 1. The molecule has 0 bridgehead atoms. The highest BCUT2D eigenvalue weighted by molar-refractivity contribution is 7.16. The number of amides is 2. The lowest BCUT2D eigenvalue weighted by atomic mass is 10.1. The fourth-order valence-electron chi connectivity index (χ4n) is 1.16. The van der Waals surface area contributed by atoms with Gasteiger partial charge in [0.25, 0.3) is 0 Å². The maximum Gasteiger partial charge on any atom is 0.328 e. The molecule has 0 radical (unpaired) electrons. The van der Waals surface area contributed by atoms with E-state index in [2.05, 4.69) is 5.32 Å². The van der Waals surface area contributed by atoms with Crippen molar-refractivity contribution in [2.24, 2.45) is 0 Å². The Hall–Kier alpha value is -1.27. The predicted molar refractivity (Wildman–Crippen MR) is 71.0 cm³/mol. The molecule has 1 aromatic rings. The lowest BCUT2D eigenvalue weighted by Crippen LogP contribution is -2.53. The summed E-state index contributed by atoms with van der Waals surface area (Å²) < 4.78 is 0.657. The molecule has 2 amide bonds. The zero-order valence-corrected chi connectivity index (χ0v) is 11.9. The number of aliphatic carboxylic acids is 1. The molecule has 0 saturated heterocycles. The Bertz CT molecular complexity index is 459. The Morgan fingerprint density at radius 3 is 2.56 bits per heavy atom. The number of hydrogen-bond donors (Lipinski definition) is 2. The smallest absolute Gasteiger partial charge is 0.328 e. The number of carbonyl (C=O) groups excluding carboxylic acids is 1. The first-order chi connectivity index (χ1) is 8.22. The fourth-order valence-corrected chi connectivity index (χ4v) is 2.30. The van der Waals surface area contributed by atoms with E-state index in [0.29, 0.717) is 10.9 Å². The molecule has 0 spiro atoms. The van der Waals surface area contributed by atoms with E-state index in [0.717, 1.165) is 4.88 Å². The van der Waals surface area contributed by atoms with Crippen molar-refractivity contribution in [1.29, 1.82) is 0 Å². The number of nitrogens with zero attached hydrogens (tertiary/aromatic N) is 1. The second-order valence-corrected chi connectivity index (χ2v) is 6.22. The van der Waals surface area contributed by atoms with Crippen LogP contribution in [0.25, 0.3) is 0 Å². The van der Waals surface area contributed by atoms with E-state index < -0.39 is 17.5 Å². The Morgan fingerprint density at radius 1 is 1.50 bits per heavy atom. The molecule has 0 fully saturated rings. The van der Waals surface area contributed by atoms with Gasteiger partial charge in [0.1, 0.15) is 5.54 Å². The van der Waals surface area contributed by atoms with E-state index >= 15 is 0 Å². The minimum atomic E-state index is -1.29. The van der Waals surface area contributed by atoms with Crippen LogP contribution in [0.1, 0.15) is 18.7 Å². The third kappa shape index (κ3) is 3.89. The Morgan fingerprint density at radius 2 is 2.11 bits per heavy atom. The van der Waals surface area contributed by atoms with Crippen molar-refractivity contribution >= 4 is 34.9 Å². The highest BCUT2D eigenvalue weighted by Crippen LogP contribution is 2.22. The standard InChI is InChI=1S/C11H15ClN2O3S/c1-11(2,9(15)16)13-10(17)14(3)6-7-4-5-8(12)18-7/h4-5H,6H2,1-3H3,(H,13,17)(H,15,16). The summed E-state index contributed by atoms with van der Waals surface area (Å²) in [6.07, 6.45) is 0. The molecule has 0 atom stereocenters. The molecule has 18 heavy (non-hydrogen) atoms. The molecule has 1 rings (SSSR count). The second kappa shape index (κ2) is 5.58. The molecule has 1 aromatic heterocycles. The molecule has 0 aromatic carbocycles. The van der Waals surface area contributed by atoms with Crippen LogP contribution in [0.5, 0.6) is 0 Å². The average Bonchev–Trinajstić information content (AvgIpc) is 2.63. The first kappa shape index (κ1) is 14.8. The maximum atomic E-state index is 11.8. The third-order valence-corrected chi connectivity index (χ3v) is 3.54. The number of carboxylic acid groups (broad SMARTS) is 1. The molecular formula is C11H15ClN2O3S. The van der Waals surface area contributed by atoms with Crippen molar-refractivity contribution in [3.63, 3.8) is 0 Å². The largest absolute Gasteiger partial charge is 0.480 e. The van der Waals surface area contributed by atoms with E-state index in [1.165, 1.54) is 30.1 Å². The Labute approximate surface area is 114 Å². The average molecular weight is 291 g/mol. The number of nitrogens with one attached hydrogen (secondary N) is 1. The molecule has 100 valence electrons. The summed E-state index contributed by atoms with van der Waals surface area (Å²) in [4.78, 5) is 25.0. The lowest BCUT2D eigenvalue weighted by molar-refractivity contribution is -0.143. The summed E-state index contributed by atoms with van der Waals surface area (Å²) in [6, 6.07) is 3.15. The van der Waals surface area contributed by atoms with Crippen molar-refractivity contribution in [2.45, 2.75) is 25.9 Å². The van der Waals surface area contributed by atoms with Crippen LogP contribution in [0, 0.1) is 0 Å². The van der Waals surface area contributed by atoms with Crippen molar-refractivity contribution in [3.8, 4) is 0 Å². The van der Waals surface area contributed by atoms with Gasteiger partial charge < -0.3 is 15.3 Å². The van der Waals surface area contributed by atoms with E-state index in [1.54, 1.807) is 13.1 Å². The van der Waals surface area contributed by atoms with Gasteiger partial charge >= 0.3 is 12.0 Å². The summed E-state index contributed by atoms with van der Waals surface area (Å²) in [5.41, 5.74) is -1.29. The molecular weight excluding hydrogens is 276 g/mol. The minimum Gasteiger partial charge on any atom is -0.480 e. The normalized spacial score (nSPS) is 11.1. The van der Waals surface area contributed by atoms with Gasteiger partial charge in [0, 0.05) is 11.9 Å². The zero-order chi connectivity index (χ0) is 13.9. The fraction of sp³-hybridized carbons (Fsp3) is 0.455. The summed E-state index contributed by atoms with van der Waals surface area (Å²) in [5.74, 6) is -1.08. The molecule has 0 aliphatic carbocycles. The summed E-state index contributed by atoms with van der Waals surface area (Å²) in [5, 5.41) is 11.4. The van der Waals surface area contributed by atoms with Crippen LogP contribution in [-0.4, -0.2) is 34.6 Å². The lowest BCUT2D eigenvalue weighted by Gasteiger charge is -2.25. The van der Waals surface area contributed by atoms with Gasteiger partial charge in [-0.3, -0.25) is 0 Å². The highest BCUT2D eigenvalue weighted by Gasteiger charge is 2.30. The van der Waals surface area contributed by atoms with Gasteiger partial charge in [0.05, 0.1) is 10.9 Å². The third-order valence-electron chi connectivity index (χ3n) is 2.32. The molecule has 2 N–H and O–H groups in total. The SMILES string of the molecule is CN(Cc1ccc(Cl)s1)C(=O)NC(C)(C)C(=O)O. The number of carbonyl (C=O) groups is 2. The van der Waals surface area contributed by atoms with Gasteiger partial charge in [-0.25, -0.2) is 9.59 Å². The van der Waals surface area contributed by atoms with Crippen LogP contribution in [0.3, 0.4) is 0 Å². The predicted octanol–water partition coefficient (Wildman–Crippen LogP) is 2.41. The minimum absolute atomic E-state index is 0.388. The summed E-state index contributed by atoms with van der Waals surface area (Å²) >= 11 is 7.18. The number of urea groups is 1. The van der Waals surface area contributed by atoms with Gasteiger partial charge in [-0.05, 0) is 26.0 Å². The van der Waals surface area contributed by atoms with Crippen molar-refractivity contribution in [2.75, 3.05) is 7.05 Å². The first-order valence-electron chi connectivity index (χ1n) is 5.23. The van der Waals surface area contributed by atoms with Gasteiger partial charge in [-0.1, -0.05) is 11.6 Å². The quantitative estimate of drug-likeness (QED) is 0.894. The van der Waals surface area contributed by atoms with Gasteiger partial charge in [-0.15, -0.1) is 11.3 Å². The Kier molecular flexibility index (Phi) is 4.59. The molecule has 0 aliphatic heterocycles. The van der Waals surface area contributed by atoms with Crippen LogP contribution in [0.15, 0.2) is 12.1 Å². The Balaban J connectivity index is 2.59. The molecule has 5 nitrogen and oxygen atoms in total. The number of thiophene rings is 1. The first-order valence-corrected chi connectivity index (χ1v) is 6.42. The van der Waals surface area contributed by atoms with Gasteiger partial charge in [0.2, 0.25) is 0 Å². The highest BCUT2D eigenvalue weighted by atomic mass is 35.5. The van der Waals surface area contributed by atoms with E-state index in [1.807, 2.05) is 6.07 Å². The molecule has 7 heteroatoms. The second-order valence-electron chi connectivity index (χ2n) is 4.42. The van der Waals surface area contributed by atoms with Crippen molar-refractivity contribution < 1.29 is 14.7 Å². The topological polar surface area (TPSA) is 69.6 Å². The van der Waals surface area contributed by atoms with Gasteiger partial charge in [-0.2, -0.15) is 0 Å². The van der Waals surface area contributed by atoms with Gasteiger partial charge in [0.15, 0.2) is 0 Å². The molecule has 0 aliphatic rings. The zero-order valence-electron chi connectivity index (χ0n) is 10.4. The van der Waals surface area contributed by atoms with Crippen LogP contribution in [0.2, 0.25) is 4.34 Å². The van der Waals surface area contributed by atoms with E-state index in [9.17, 15) is 9.59 Å².